The van der Waals surface area contributed by atoms with Crippen LogP contribution in [0.15, 0.2) is 83.8 Å². The van der Waals surface area contributed by atoms with E-state index in [9.17, 15) is 14.2 Å². The molecule has 5 rings (SSSR count). The molecule has 7 heteroatoms. The van der Waals surface area contributed by atoms with Crippen LogP contribution >= 0.6 is 0 Å². The summed E-state index contributed by atoms with van der Waals surface area (Å²) in [7, 11) is 0. The van der Waals surface area contributed by atoms with E-state index < -0.39 is 21.5 Å². The highest BCUT2D eigenvalue weighted by atomic mass is 32.2. The van der Waals surface area contributed by atoms with Crippen LogP contribution in [-0.2, 0) is 11.4 Å². The van der Waals surface area contributed by atoms with Gasteiger partial charge in [0.05, 0.1) is 5.56 Å². The lowest BCUT2D eigenvalue weighted by Crippen LogP contribution is -2.49. The summed E-state index contributed by atoms with van der Waals surface area (Å²) in [6.45, 7) is 4.62. The van der Waals surface area contributed by atoms with Crippen molar-refractivity contribution in [1.82, 2.24) is 4.90 Å². The van der Waals surface area contributed by atoms with Crippen molar-refractivity contribution in [3.63, 3.8) is 0 Å². The second-order valence-electron chi connectivity index (χ2n) is 8.71. The Morgan fingerprint density at radius 1 is 0.879 bits per heavy atom. The van der Waals surface area contributed by atoms with E-state index in [0.717, 1.165) is 49.5 Å². The van der Waals surface area contributed by atoms with Crippen molar-refractivity contribution >= 4 is 17.0 Å². The fourth-order valence-corrected chi connectivity index (χ4v) is 6.62. The molecule has 33 heavy (non-hydrogen) atoms. The van der Waals surface area contributed by atoms with E-state index in [1.165, 1.54) is 12.1 Å². The summed E-state index contributed by atoms with van der Waals surface area (Å²) in [4.78, 5) is 5.28. The molecule has 0 N–H and O–H groups in total. The zero-order valence-corrected chi connectivity index (χ0v) is 19.3. The first-order valence-electron chi connectivity index (χ1n) is 11.4. The summed E-state index contributed by atoms with van der Waals surface area (Å²) >= 11 is -1.65. The Bertz CT molecular complexity index is 1080. The molecule has 1 fully saturated rings. The quantitative estimate of drug-likeness (QED) is 0.306. The molecule has 0 amide bonds. The number of rotatable bonds is 6. The first kappa shape index (κ1) is 22.4. The van der Waals surface area contributed by atoms with Gasteiger partial charge in [0.15, 0.2) is 17.4 Å². The lowest BCUT2D eigenvalue weighted by Gasteiger charge is -2.41. The number of quaternary nitrogens is 1. The van der Waals surface area contributed by atoms with Gasteiger partial charge in [0.1, 0.15) is 12.4 Å². The van der Waals surface area contributed by atoms with Crippen molar-refractivity contribution in [1.29, 1.82) is 0 Å². The zero-order valence-electron chi connectivity index (χ0n) is 18.5. The van der Waals surface area contributed by atoms with Gasteiger partial charge in [-0.15, -0.1) is 0 Å². The Labute approximate surface area is 197 Å². The van der Waals surface area contributed by atoms with Crippen LogP contribution in [-0.4, -0.2) is 52.8 Å². The molecule has 0 saturated carbocycles. The lowest BCUT2D eigenvalue weighted by atomic mass is 9.98. The zero-order chi connectivity index (χ0) is 22.8. The topological polar surface area (TPSA) is 52.6 Å². The van der Waals surface area contributed by atoms with Gasteiger partial charge in [0.2, 0.25) is 4.90 Å². The molecular formula is C26H28FN3O2S. The van der Waals surface area contributed by atoms with Crippen molar-refractivity contribution in [2.45, 2.75) is 17.4 Å². The largest absolute Gasteiger partial charge is 0.586 e. The Kier molecular flexibility index (Phi) is 6.40. The van der Waals surface area contributed by atoms with Crippen LogP contribution in [0.2, 0.25) is 0 Å². The number of fused-ring (bicyclic) bond motifs is 1. The van der Waals surface area contributed by atoms with E-state index in [-0.39, 0.29) is 5.82 Å². The van der Waals surface area contributed by atoms with Crippen LogP contribution < -0.4 is 4.90 Å². The van der Waals surface area contributed by atoms with E-state index in [1.807, 2.05) is 66.7 Å². The van der Waals surface area contributed by atoms with Gasteiger partial charge in [0, 0.05) is 50.4 Å². The summed E-state index contributed by atoms with van der Waals surface area (Å²) in [6.07, 6.45) is 0.684. The molecule has 0 aromatic heterocycles. The highest BCUT2D eigenvalue weighted by Gasteiger charge is 2.53. The molecule has 2 heterocycles. The van der Waals surface area contributed by atoms with E-state index in [0.29, 0.717) is 17.9 Å². The van der Waals surface area contributed by atoms with Gasteiger partial charge in [-0.3, -0.25) is 4.90 Å². The fourth-order valence-electron chi connectivity index (χ4n) is 4.99. The van der Waals surface area contributed by atoms with Crippen molar-refractivity contribution in [3.05, 3.63) is 101 Å². The van der Waals surface area contributed by atoms with Crippen LogP contribution in [0.25, 0.3) is 0 Å². The summed E-state index contributed by atoms with van der Waals surface area (Å²) in [5, 5.41) is 14.1. The summed E-state index contributed by atoms with van der Waals surface area (Å²) in [5.41, 5.74) is 2.83. The standard InChI is InChI=1S/C26H28FN3O2S/c27-22-11-13-23(14-12-22)29-18-16-28(17-19-29)15-6-20-30(31)26(21-7-2-1-3-8-21)24-9-4-5-10-25(24)33(30)32/h1-5,7-14,26H,6,15-20H2. The minimum absolute atomic E-state index is 0.220. The molecule has 0 radical (unpaired) electrons. The Balaban J connectivity index is 1.23. The highest BCUT2D eigenvalue weighted by molar-refractivity contribution is 7.86. The maximum absolute atomic E-state index is 14.1. The molecule has 5 nitrogen and oxygen atoms in total. The second-order valence-corrected chi connectivity index (χ2v) is 10.3. The minimum atomic E-state index is -1.65. The smallest absolute Gasteiger partial charge is 0.221 e. The third-order valence-electron chi connectivity index (χ3n) is 6.70. The number of benzene rings is 3. The number of hydroxylamine groups is 2. The van der Waals surface area contributed by atoms with Crippen LogP contribution in [0.4, 0.5) is 10.1 Å². The van der Waals surface area contributed by atoms with Gasteiger partial charge >= 0.3 is 0 Å². The lowest BCUT2D eigenvalue weighted by molar-refractivity contribution is -0.777. The fraction of sp³-hybridized carbons (Fsp3) is 0.308. The first-order chi connectivity index (χ1) is 16.1. The molecule has 3 aromatic rings. The average molecular weight is 466 g/mol. The van der Waals surface area contributed by atoms with Crippen molar-refractivity contribution < 1.29 is 13.0 Å². The van der Waals surface area contributed by atoms with Crippen molar-refractivity contribution in [3.8, 4) is 0 Å². The van der Waals surface area contributed by atoms with Gasteiger partial charge in [0.25, 0.3) is 0 Å². The molecule has 0 aliphatic carbocycles. The number of hydrogen-bond acceptors (Lipinski definition) is 4. The summed E-state index contributed by atoms with van der Waals surface area (Å²) < 4.78 is 25.8. The SMILES string of the molecule is [O-][S+]1c2ccccc2C(c2ccccc2)[N+]1([O-])CCCN1CCN(c2ccc(F)cc2)CC1. The number of hydrogen-bond donors (Lipinski definition) is 0. The maximum atomic E-state index is 14.1. The normalized spacial score (nSPS) is 25.2. The highest BCUT2D eigenvalue weighted by Crippen LogP contribution is 2.48. The molecule has 0 bridgehead atoms. The van der Waals surface area contributed by atoms with Crippen molar-refractivity contribution in [2.75, 3.05) is 44.2 Å². The number of piperazine rings is 1. The minimum Gasteiger partial charge on any atom is -0.586 e. The van der Waals surface area contributed by atoms with Crippen LogP contribution in [0, 0.1) is 11.0 Å². The Morgan fingerprint density at radius 2 is 1.55 bits per heavy atom. The van der Waals surface area contributed by atoms with Gasteiger partial charge in [-0.2, -0.15) is 4.05 Å². The number of halogens is 1. The van der Waals surface area contributed by atoms with Gasteiger partial charge in [-0.25, -0.2) is 4.39 Å². The first-order valence-corrected chi connectivity index (χ1v) is 12.5. The molecular weight excluding hydrogens is 437 g/mol. The maximum Gasteiger partial charge on any atom is 0.221 e. The van der Waals surface area contributed by atoms with E-state index in [2.05, 4.69) is 9.80 Å². The molecule has 0 spiro atoms. The average Bonchev–Trinajstić information content (AvgIpc) is 3.07. The molecule has 1 saturated heterocycles. The van der Waals surface area contributed by atoms with Gasteiger partial charge < -0.3 is 14.7 Å². The molecule has 3 aromatic carbocycles. The van der Waals surface area contributed by atoms with Gasteiger partial charge in [-0.05, 0) is 36.4 Å². The molecule has 3 atom stereocenters. The Morgan fingerprint density at radius 3 is 2.27 bits per heavy atom. The predicted octanol–water partition coefficient (Wildman–Crippen LogP) is 4.48. The third kappa shape index (κ3) is 4.39. The molecule has 2 aliphatic heterocycles. The van der Waals surface area contributed by atoms with E-state index in [1.54, 1.807) is 0 Å². The van der Waals surface area contributed by atoms with Crippen LogP contribution in [0.5, 0.6) is 0 Å². The third-order valence-corrected chi connectivity index (χ3v) is 8.40. The van der Waals surface area contributed by atoms with Gasteiger partial charge in [-0.1, -0.05) is 42.5 Å². The predicted molar refractivity (Wildman–Crippen MR) is 129 cm³/mol. The summed E-state index contributed by atoms with van der Waals surface area (Å²) in [6, 6.07) is 23.4. The second kappa shape index (κ2) is 9.44. The Hall–Kier alpha value is -2.42. The van der Waals surface area contributed by atoms with Crippen LogP contribution in [0.3, 0.4) is 0 Å². The number of anilines is 1. The van der Waals surface area contributed by atoms with E-state index >= 15 is 0 Å². The van der Waals surface area contributed by atoms with Crippen molar-refractivity contribution in [2.24, 2.45) is 0 Å². The molecule has 2 aliphatic rings. The molecule has 172 valence electrons. The van der Waals surface area contributed by atoms with E-state index in [4.69, 9.17) is 0 Å². The monoisotopic (exact) mass is 465 g/mol. The molecule has 3 unspecified atom stereocenters. The van der Waals surface area contributed by atoms with Crippen LogP contribution in [0.1, 0.15) is 23.6 Å². The number of nitrogens with zero attached hydrogens (tertiary/aromatic N) is 3. The summed E-state index contributed by atoms with van der Waals surface area (Å²) in [5.74, 6) is -0.220.